The number of carbonyl (C=O) groups is 2. The molecule has 2 aliphatic rings. The fraction of sp³-hybridized carbons (Fsp3) is 0.172. The Kier molecular flexibility index (Phi) is 5.84. The summed E-state index contributed by atoms with van der Waals surface area (Å²) >= 11 is 0. The largest absolute Gasteiger partial charge is 0.362 e. The standard InChI is InChI=1S/C29H25FN2O2/c1-18-26(29(34)32-23-15-9-8-14-22(23)30)27(20-12-6-3-7-13-20)28-24(31-18)16-21(17-25(28)33)19-10-4-2-5-11-19/h2-15,21,27,31H,16-17H2,1H3,(H,32,34)/t21-,27+/m1/s1. The molecule has 1 aliphatic heterocycles. The zero-order chi connectivity index (χ0) is 23.7. The van der Waals surface area contributed by atoms with Crippen molar-refractivity contribution in [3.63, 3.8) is 0 Å². The van der Waals surface area contributed by atoms with Crippen LogP contribution in [0, 0.1) is 5.82 Å². The molecule has 0 fully saturated rings. The van der Waals surface area contributed by atoms with Crippen LogP contribution < -0.4 is 10.6 Å². The molecule has 0 unspecified atom stereocenters. The van der Waals surface area contributed by atoms with Gasteiger partial charge in [-0.3, -0.25) is 9.59 Å². The van der Waals surface area contributed by atoms with E-state index in [1.165, 1.54) is 12.1 Å². The highest BCUT2D eigenvalue weighted by atomic mass is 19.1. The average molecular weight is 453 g/mol. The minimum Gasteiger partial charge on any atom is -0.362 e. The van der Waals surface area contributed by atoms with Gasteiger partial charge in [0.15, 0.2) is 5.78 Å². The monoisotopic (exact) mass is 452 g/mol. The fourth-order valence-electron chi connectivity index (χ4n) is 5.03. The summed E-state index contributed by atoms with van der Waals surface area (Å²) in [6, 6.07) is 25.7. The molecule has 5 heteroatoms. The number of allylic oxidation sites excluding steroid dienone is 3. The molecule has 0 spiro atoms. The molecule has 3 aromatic rings. The summed E-state index contributed by atoms with van der Waals surface area (Å²) in [4.78, 5) is 27.0. The molecule has 0 saturated heterocycles. The number of hydrogen-bond donors (Lipinski definition) is 2. The predicted molar refractivity (Wildman–Crippen MR) is 130 cm³/mol. The first-order chi connectivity index (χ1) is 16.5. The van der Waals surface area contributed by atoms with E-state index in [-0.39, 0.29) is 17.4 Å². The third kappa shape index (κ3) is 4.05. The van der Waals surface area contributed by atoms with Crippen LogP contribution in [-0.2, 0) is 9.59 Å². The van der Waals surface area contributed by atoms with E-state index < -0.39 is 17.6 Å². The number of nitrogens with one attached hydrogen (secondary N) is 2. The second-order valence-corrected chi connectivity index (χ2v) is 8.77. The Balaban J connectivity index is 1.56. The maximum Gasteiger partial charge on any atom is 0.254 e. The lowest BCUT2D eigenvalue weighted by Gasteiger charge is -2.37. The van der Waals surface area contributed by atoms with E-state index in [4.69, 9.17) is 0 Å². The van der Waals surface area contributed by atoms with Gasteiger partial charge >= 0.3 is 0 Å². The van der Waals surface area contributed by atoms with Gasteiger partial charge in [0, 0.05) is 34.9 Å². The molecule has 170 valence electrons. The van der Waals surface area contributed by atoms with Gasteiger partial charge in [-0.2, -0.15) is 0 Å². The number of amides is 1. The molecule has 0 bridgehead atoms. The van der Waals surface area contributed by atoms with Crippen molar-refractivity contribution in [2.24, 2.45) is 0 Å². The molecule has 5 rings (SSSR count). The zero-order valence-electron chi connectivity index (χ0n) is 18.8. The molecule has 2 N–H and O–H groups in total. The summed E-state index contributed by atoms with van der Waals surface area (Å²) in [5, 5.41) is 6.07. The lowest BCUT2D eigenvalue weighted by Crippen LogP contribution is -2.37. The van der Waals surface area contributed by atoms with E-state index in [1.54, 1.807) is 12.1 Å². The second-order valence-electron chi connectivity index (χ2n) is 8.77. The molecule has 4 nitrogen and oxygen atoms in total. The van der Waals surface area contributed by atoms with Gasteiger partial charge in [-0.1, -0.05) is 72.8 Å². The topological polar surface area (TPSA) is 58.2 Å². The van der Waals surface area contributed by atoms with Crippen LogP contribution in [0.1, 0.15) is 42.7 Å². The molecule has 0 aromatic heterocycles. The Labute approximate surface area is 198 Å². The van der Waals surface area contributed by atoms with Crippen molar-refractivity contribution in [3.8, 4) is 0 Å². The van der Waals surface area contributed by atoms with Crippen LogP contribution in [0.4, 0.5) is 10.1 Å². The van der Waals surface area contributed by atoms with Crippen molar-refractivity contribution in [1.82, 2.24) is 5.32 Å². The van der Waals surface area contributed by atoms with Crippen LogP contribution in [0.5, 0.6) is 0 Å². The van der Waals surface area contributed by atoms with Crippen molar-refractivity contribution in [3.05, 3.63) is 124 Å². The third-order valence-electron chi connectivity index (χ3n) is 6.60. The van der Waals surface area contributed by atoms with E-state index >= 15 is 0 Å². The lowest BCUT2D eigenvalue weighted by molar-refractivity contribution is -0.116. The number of rotatable bonds is 4. The van der Waals surface area contributed by atoms with Crippen LogP contribution in [0.3, 0.4) is 0 Å². The number of hydrogen-bond acceptors (Lipinski definition) is 3. The van der Waals surface area contributed by atoms with Gasteiger partial charge in [0.25, 0.3) is 5.91 Å². The quantitative estimate of drug-likeness (QED) is 0.524. The Morgan fingerprint density at radius 3 is 2.18 bits per heavy atom. The van der Waals surface area contributed by atoms with Gasteiger partial charge in [-0.25, -0.2) is 4.39 Å². The average Bonchev–Trinajstić information content (AvgIpc) is 2.85. The normalized spacial score (nSPS) is 20.0. The van der Waals surface area contributed by atoms with E-state index in [9.17, 15) is 14.0 Å². The van der Waals surface area contributed by atoms with Gasteiger partial charge in [0.2, 0.25) is 0 Å². The Morgan fingerprint density at radius 2 is 1.50 bits per heavy atom. The van der Waals surface area contributed by atoms with E-state index in [0.29, 0.717) is 29.7 Å². The second kappa shape index (κ2) is 9.10. The van der Waals surface area contributed by atoms with Crippen LogP contribution in [0.15, 0.2) is 107 Å². The van der Waals surface area contributed by atoms with Gasteiger partial charge in [0.1, 0.15) is 5.82 Å². The minimum absolute atomic E-state index is 0.0279. The first kappa shape index (κ1) is 21.8. The summed E-state index contributed by atoms with van der Waals surface area (Å²) in [6.07, 6.45) is 1.07. The maximum absolute atomic E-state index is 14.3. The van der Waals surface area contributed by atoms with E-state index in [1.807, 2.05) is 55.5 Å². The van der Waals surface area contributed by atoms with Crippen LogP contribution >= 0.6 is 0 Å². The summed E-state index contributed by atoms with van der Waals surface area (Å²) in [5.41, 5.74) is 4.69. The minimum atomic E-state index is -0.520. The van der Waals surface area contributed by atoms with Crippen LogP contribution in [-0.4, -0.2) is 11.7 Å². The zero-order valence-corrected chi connectivity index (χ0v) is 18.8. The summed E-state index contributed by atoms with van der Waals surface area (Å²) < 4.78 is 14.3. The number of dihydropyridines is 1. The lowest BCUT2D eigenvalue weighted by atomic mass is 9.71. The molecule has 34 heavy (non-hydrogen) atoms. The summed E-state index contributed by atoms with van der Waals surface area (Å²) in [5.74, 6) is -1.34. The number of anilines is 1. The molecule has 3 aromatic carbocycles. The van der Waals surface area contributed by atoms with Crippen molar-refractivity contribution in [2.75, 3.05) is 5.32 Å². The smallest absolute Gasteiger partial charge is 0.254 e. The molecular weight excluding hydrogens is 427 g/mol. The highest BCUT2D eigenvalue weighted by Gasteiger charge is 2.40. The predicted octanol–water partition coefficient (Wildman–Crippen LogP) is 5.83. The van der Waals surface area contributed by atoms with Gasteiger partial charge in [-0.05, 0) is 42.5 Å². The molecule has 2 atom stereocenters. The molecule has 1 heterocycles. The molecular formula is C29H25FN2O2. The van der Waals surface area contributed by atoms with E-state index in [0.717, 1.165) is 16.8 Å². The van der Waals surface area contributed by atoms with Crippen LogP contribution in [0.25, 0.3) is 0 Å². The number of halogens is 1. The first-order valence-electron chi connectivity index (χ1n) is 11.4. The van der Waals surface area contributed by atoms with Gasteiger partial charge < -0.3 is 10.6 Å². The van der Waals surface area contributed by atoms with Gasteiger partial charge in [0.05, 0.1) is 5.69 Å². The SMILES string of the molecule is CC1=C(C(=O)Nc2ccccc2F)[C@H](c2ccccc2)C2=C(C[C@@H](c3ccccc3)CC2=O)N1. The molecule has 0 saturated carbocycles. The Morgan fingerprint density at radius 1 is 0.882 bits per heavy atom. The fourth-order valence-corrected chi connectivity index (χ4v) is 5.03. The van der Waals surface area contributed by atoms with Crippen molar-refractivity contribution in [1.29, 1.82) is 0 Å². The highest BCUT2D eigenvalue weighted by molar-refractivity contribution is 6.10. The number of Topliss-reactive ketones (excluding diaryl/α,β-unsaturated/α-hetero) is 1. The number of para-hydroxylation sites is 1. The number of carbonyl (C=O) groups excluding carboxylic acids is 2. The van der Waals surface area contributed by atoms with Crippen molar-refractivity contribution < 1.29 is 14.0 Å². The molecule has 0 radical (unpaired) electrons. The Bertz CT molecular complexity index is 1310. The van der Waals surface area contributed by atoms with Crippen LogP contribution in [0.2, 0.25) is 0 Å². The van der Waals surface area contributed by atoms with Gasteiger partial charge in [-0.15, -0.1) is 0 Å². The summed E-state index contributed by atoms with van der Waals surface area (Å²) in [7, 11) is 0. The molecule has 1 amide bonds. The van der Waals surface area contributed by atoms with E-state index in [2.05, 4.69) is 22.8 Å². The first-order valence-corrected chi connectivity index (χ1v) is 11.4. The maximum atomic E-state index is 14.3. The summed E-state index contributed by atoms with van der Waals surface area (Å²) in [6.45, 7) is 1.84. The van der Waals surface area contributed by atoms with Crippen molar-refractivity contribution >= 4 is 17.4 Å². The third-order valence-corrected chi connectivity index (χ3v) is 6.60. The number of benzene rings is 3. The Hall–Kier alpha value is -3.99. The molecule has 1 aliphatic carbocycles. The number of ketones is 1. The van der Waals surface area contributed by atoms with Crippen molar-refractivity contribution in [2.45, 2.75) is 31.6 Å². The highest BCUT2D eigenvalue weighted by Crippen LogP contribution is 2.45.